The number of anilines is 3. The molecule has 2 aromatic rings. The quantitative estimate of drug-likeness (QED) is 0.789. The number of halogens is 1. The molecule has 1 aliphatic carbocycles. The van der Waals surface area contributed by atoms with Gasteiger partial charge in [-0.05, 0) is 18.3 Å². The van der Waals surface area contributed by atoms with Gasteiger partial charge in [0.05, 0.1) is 17.6 Å². The van der Waals surface area contributed by atoms with Crippen molar-refractivity contribution < 1.29 is 0 Å². The molecule has 2 aliphatic rings. The van der Waals surface area contributed by atoms with Gasteiger partial charge in [0.25, 0.3) is 0 Å². The summed E-state index contributed by atoms with van der Waals surface area (Å²) in [6.45, 7) is 1.92. The van der Waals surface area contributed by atoms with Crippen LogP contribution in [0.25, 0.3) is 0 Å². The van der Waals surface area contributed by atoms with Crippen molar-refractivity contribution >= 4 is 29.1 Å². The van der Waals surface area contributed by atoms with Crippen molar-refractivity contribution in [3.05, 3.63) is 23.1 Å². The molecule has 7 nitrogen and oxygen atoms in total. The second kappa shape index (κ2) is 5.89. The molecule has 4 rings (SSSR count). The highest BCUT2D eigenvalue weighted by Gasteiger charge is 2.47. The Balaban J connectivity index is 1.69. The van der Waals surface area contributed by atoms with Gasteiger partial charge in [-0.1, -0.05) is 24.4 Å². The van der Waals surface area contributed by atoms with Crippen molar-refractivity contribution in [1.29, 1.82) is 0 Å². The maximum absolute atomic E-state index is 6.49. The maximum Gasteiger partial charge on any atom is 0.229 e. The molecule has 2 fully saturated rings. The topological polar surface area (TPSA) is 93.7 Å². The van der Waals surface area contributed by atoms with Crippen molar-refractivity contribution in [2.75, 3.05) is 24.1 Å². The van der Waals surface area contributed by atoms with Gasteiger partial charge >= 0.3 is 0 Å². The molecule has 2 aromatic heterocycles. The zero-order valence-electron chi connectivity index (χ0n) is 13.7. The second-order valence-corrected chi connectivity index (χ2v) is 7.29. The molecule has 1 saturated carbocycles. The predicted octanol–water partition coefficient (Wildman–Crippen LogP) is 2.44. The van der Waals surface area contributed by atoms with Gasteiger partial charge < -0.3 is 16.4 Å². The largest absolute Gasteiger partial charge is 0.382 e. The summed E-state index contributed by atoms with van der Waals surface area (Å²) >= 11 is 6.49. The summed E-state index contributed by atoms with van der Waals surface area (Å²) in [6.07, 6.45) is 8.58. The zero-order chi connectivity index (χ0) is 16.7. The number of rotatable bonds is 3. The van der Waals surface area contributed by atoms with Crippen LogP contribution < -0.4 is 16.4 Å². The molecule has 0 bridgehead atoms. The molecule has 1 unspecified atom stereocenters. The normalized spacial score (nSPS) is 22.3. The van der Waals surface area contributed by atoms with Crippen LogP contribution in [0.2, 0.25) is 5.02 Å². The smallest absolute Gasteiger partial charge is 0.229 e. The van der Waals surface area contributed by atoms with Crippen LogP contribution in [0, 0.1) is 5.41 Å². The van der Waals surface area contributed by atoms with Crippen LogP contribution >= 0.6 is 11.6 Å². The molecular weight excluding hydrogens is 326 g/mol. The van der Waals surface area contributed by atoms with Gasteiger partial charge in [0.1, 0.15) is 10.8 Å². The molecule has 1 aliphatic heterocycles. The number of hydrogen-bond donors (Lipinski definition) is 3. The Hall–Kier alpha value is -1.86. The molecule has 24 heavy (non-hydrogen) atoms. The fourth-order valence-corrected chi connectivity index (χ4v) is 4.40. The van der Waals surface area contributed by atoms with Gasteiger partial charge in [0, 0.05) is 32.3 Å². The maximum atomic E-state index is 6.49. The average Bonchev–Trinajstić information content (AvgIpc) is 3.27. The molecule has 3 heterocycles. The fraction of sp³-hybridized carbons (Fsp3) is 0.562. The zero-order valence-corrected chi connectivity index (χ0v) is 14.5. The molecule has 0 amide bonds. The standard InChI is InChI=1S/C16H22ClN7/c1-24-8-10(6-20-24)21-15-22-13(12(17)14(18)23-15)11-7-19-9-16(11)4-2-3-5-16/h6,8,11,19H,2-5,7,9H2,1H3,(H3,18,21,22,23). The number of nitrogens with zero attached hydrogens (tertiary/aromatic N) is 4. The minimum Gasteiger partial charge on any atom is -0.382 e. The highest BCUT2D eigenvalue weighted by Crippen LogP contribution is 2.52. The first-order chi connectivity index (χ1) is 11.6. The van der Waals surface area contributed by atoms with Gasteiger partial charge in [-0.15, -0.1) is 0 Å². The van der Waals surface area contributed by atoms with E-state index < -0.39 is 0 Å². The number of hydrogen-bond acceptors (Lipinski definition) is 6. The Kier molecular flexibility index (Phi) is 3.85. The van der Waals surface area contributed by atoms with Crippen molar-refractivity contribution in [1.82, 2.24) is 25.1 Å². The van der Waals surface area contributed by atoms with Crippen LogP contribution in [0.3, 0.4) is 0 Å². The monoisotopic (exact) mass is 347 g/mol. The first kappa shape index (κ1) is 15.7. The predicted molar refractivity (Wildman–Crippen MR) is 94.5 cm³/mol. The first-order valence-corrected chi connectivity index (χ1v) is 8.74. The summed E-state index contributed by atoms with van der Waals surface area (Å²) in [6, 6.07) is 0. The number of aromatic nitrogens is 4. The summed E-state index contributed by atoms with van der Waals surface area (Å²) in [5.74, 6) is 1.08. The van der Waals surface area contributed by atoms with Crippen LogP contribution in [0.15, 0.2) is 12.4 Å². The molecule has 8 heteroatoms. The third-order valence-electron chi connectivity index (χ3n) is 5.36. The van der Waals surface area contributed by atoms with Gasteiger partial charge in [0.15, 0.2) is 0 Å². The highest BCUT2D eigenvalue weighted by atomic mass is 35.5. The Morgan fingerprint density at radius 2 is 2.17 bits per heavy atom. The van der Waals surface area contributed by atoms with E-state index in [0.29, 0.717) is 16.8 Å². The Labute approximate surface area is 146 Å². The van der Waals surface area contributed by atoms with E-state index in [-0.39, 0.29) is 11.3 Å². The lowest BCUT2D eigenvalue weighted by Crippen LogP contribution is -2.26. The molecule has 1 spiro atoms. The van der Waals surface area contributed by atoms with Crippen LogP contribution in [-0.2, 0) is 7.05 Å². The number of aryl methyl sites for hydroxylation is 1. The lowest BCUT2D eigenvalue weighted by Gasteiger charge is -2.30. The van der Waals surface area contributed by atoms with E-state index in [0.717, 1.165) is 24.5 Å². The summed E-state index contributed by atoms with van der Waals surface area (Å²) < 4.78 is 1.72. The minimum absolute atomic E-state index is 0.260. The summed E-state index contributed by atoms with van der Waals surface area (Å²) in [4.78, 5) is 9.02. The second-order valence-electron chi connectivity index (χ2n) is 6.91. The van der Waals surface area contributed by atoms with Crippen molar-refractivity contribution in [2.24, 2.45) is 12.5 Å². The van der Waals surface area contributed by atoms with Crippen LogP contribution in [0.5, 0.6) is 0 Å². The minimum atomic E-state index is 0.260. The van der Waals surface area contributed by atoms with Crippen LogP contribution in [0.4, 0.5) is 17.5 Å². The number of nitrogens with one attached hydrogen (secondary N) is 2. The van der Waals surface area contributed by atoms with E-state index in [1.165, 1.54) is 25.7 Å². The molecule has 1 atom stereocenters. The van der Waals surface area contributed by atoms with Crippen molar-refractivity contribution in [3.8, 4) is 0 Å². The summed E-state index contributed by atoms with van der Waals surface area (Å²) in [7, 11) is 1.86. The van der Waals surface area contributed by atoms with Gasteiger partial charge in [-0.25, -0.2) is 4.98 Å². The fourth-order valence-electron chi connectivity index (χ4n) is 4.18. The van der Waals surface area contributed by atoms with E-state index in [9.17, 15) is 0 Å². The van der Waals surface area contributed by atoms with Gasteiger partial charge in [-0.2, -0.15) is 10.1 Å². The Morgan fingerprint density at radius 3 is 2.88 bits per heavy atom. The third-order valence-corrected chi connectivity index (χ3v) is 5.74. The lowest BCUT2D eigenvalue weighted by atomic mass is 9.75. The van der Waals surface area contributed by atoms with E-state index in [1.54, 1.807) is 10.9 Å². The Bertz CT molecular complexity index is 745. The molecule has 4 N–H and O–H groups in total. The molecule has 128 valence electrons. The summed E-state index contributed by atoms with van der Waals surface area (Å²) in [5.41, 5.74) is 8.02. The van der Waals surface area contributed by atoms with Crippen LogP contribution in [0.1, 0.15) is 37.3 Å². The first-order valence-electron chi connectivity index (χ1n) is 8.37. The number of nitrogens with two attached hydrogens (primary N) is 1. The SMILES string of the molecule is Cn1cc(Nc2nc(N)c(Cl)c(C3CNCC34CCCC4)n2)cn1. The average molecular weight is 348 g/mol. The van der Waals surface area contributed by atoms with Crippen molar-refractivity contribution in [3.63, 3.8) is 0 Å². The van der Waals surface area contributed by atoms with E-state index >= 15 is 0 Å². The molecular formula is C16H22ClN7. The van der Waals surface area contributed by atoms with Gasteiger partial charge in [0.2, 0.25) is 5.95 Å². The van der Waals surface area contributed by atoms with Gasteiger partial charge in [-0.3, -0.25) is 4.68 Å². The highest BCUT2D eigenvalue weighted by molar-refractivity contribution is 6.33. The number of nitrogen functional groups attached to an aromatic ring is 1. The van der Waals surface area contributed by atoms with E-state index in [4.69, 9.17) is 22.3 Å². The van der Waals surface area contributed by atoms with Crippen LogP contribution in [-0.4, -0.2) is 32.8 Å². The van der Waals surface area contributed by atoms with Crippen molar-refractivity contribution in [2.45, 2.75) is 31.6 Å². The molecule has 0 radical (unpaired) electrons. The molecule has 1 saturated heterocycles. The molecule has 0 aromatic carbocycles. The van der Waals surface area contributed by atoms with E-state index in [1.807, 2.05) is 13.2 Å². The van der Waals surface area contributed by atoms with E-state index in [2.05, 4.69) is 20.7 Å². The third kappa shape index (κ3) is 2.61. The Morgan fingerprint density at radius 1 is 1.38 bits per heavy atom. The lowest BCUT2D eigenvalue weighted by molar-refractivity contribution is 0.291. The summed E-state index contributed by atoms with van der Waals surface area (Å²) in [5, 5.41) is 11.3.